The van der Waals surface area contributed by atoms with Gasteiger partial charge in [-0.2, -0.15) is 5.26 Å². The minimum atomic E-state index is 0.146. The lowest BCUT2D eigenvalue weighted by Gasteiger charge is -2.06. The largest absolute Gasteiger partial charge is 0.395 e. The van der Waals surface area contributed by atoms with E-state index in [0.29, 0.717) is 12.1 Å². The van der Waals surface area contributed by atoms with Gasteiger partial charge in [-0.1, -0.05) is 54.6 Å². The van der Waals surface area contributed by atoms with Gasteiger partial charge in [0.2, 0.25) is 0 Å². The number of pyridine rings is 1. The Morgan fingerprint density at radius 3 is 2.50 bits per heavy atom. The summed E-state index contributed by atoms with van der Waals surface area (Å²) < 4.78 is 0. The van der Waals surface area contributed by atoms with Crippen LogP contribution in [0.2, 0.25) is 0 Å². The molecule has 0 aliphatic rings. The number of aliphatic hydroxyl groups is 1. The maximum absolute atomic E-state index is 9.09. The van der Waals surface area contributed by atoms with E-state index in [1.807, 2.05) is 79.0 Å². The molecular formula is C25H23N3OS. The first kappa shape index (κ1) is 21.5. The zero-order valence-corrected chi connectivity index (χ0v) is 17.4. The lowest BCUT2D eigenvalue weighted by atomic mass is 9.99. The number of nitrogens with one attached hydrogen (secondary N) is 1. The number of fused-ring (bicyclic) bond motifs is 1. The number of hydrogen-bond donors (Lipinski definition) is 3. The molecule has 2 N–H and O–H groups in total. The normalized spacial score (nSPS) is 10.2. The van der Waals surface area contributed by atoms with Gasteiger partial charge in [0, 0.05) is 35.8 Å². The fourth-order valence-electron chi connectivity index (χ4n) is 3.05. The number of rotatable bonds is 5. The van der Waals surface area contributed by atoms with Crippen LogP contribution < -0.4 is 5.32 Å². The molecule has 0 saturated carbocycles. The topological polar surface area (TPSA) is 68.9 Å². The number of nitrogens with zero attached hydrogens (tertiary/aromatic N) is 2. The monoisotopic (exact) mass is 413 g/mol. The summed E-state index contributed by atoms with van der Waals surface area (Å²) >= 11 is 4.32. The molecule has 30 heavy (non-hydrogen) atoms. The molecular weight excluding hydrogens is 390 g/mol. The summed E-state index contributed by atoms with van der Waals surface area (Å²) in [5, 5.41) is 23.2. The summed E-state index contributed by atoms with van der Waals surface area (Å²) in [4.78, 5) is 5.02. The third kappa shape index (κ3) is 5.68. The molecule has 0 aliphatic heterocycles. The highest BCUT2D eigenvalue weighted by molar-refractivity contribution is 7.80. The Hall–Kier alpha value is -3.17. The Bertz CT molecular complexity index is 1130. The van der Waals surface area contributed by atoms with Gasteiger partial charge in [-0.05, 0) is 40.3 Å². The van der Waals surface area contributed by atoms with Gasteiger partial charge in [-0.15, -0.1) is 12.6 Å². The zero-order valence-electron chi connectivity index (χ0n) is 16.5. The van der Waals surface area contributed by atoms with Crippen LogP contribution in [-0.4, -0.2) is 23.2 Å². The average Bonchev–Trinajstić information content (AvgIpc) is 2.80. The molecule has 0 amide bonds. The molecule has 1 aromatic heterocycles. The van der Waals surface area contributed by atoms with Gasteiger partial charge in [0.05, 0.1) is 18.2 Å². The average molecular weight is 414 g/mol. The van der Waals surface area contributed by atoms with E-state index in [9.17, 15) is 0 Å². The second-order valence-electron chi connectivity index (χ2n) is 6.63. The first-order valence-corrected chi connectivity index (χ1v) is 10.1. The zero-order chi connectivity index (χ0) is 21.2. The van der Waals surface area contributed by atoms with Crippen LogP contribution in [0.4, 0.5) is 0 Å². The smallest absolute Gasteiger partial charge is 0.0998 e. The van der Waals surface area contributed by atoms with Crippen molar-refractivity contribution in [1.29, 1.82) is 5.26 Å². The minimum Gasteiger partial charge on any atom is -0.395 e. The number of thiol groups is 1. The van der Waals surface area contributed by atoms with Crippen LogP contribution >= 0.6 is 12.6 Å². The Morgan fingerprint density at radius 1 is 0.967 bits per heavy atom. The second kappa shape index (κ2) is 11.1. The number of nitriles is 1. The molecule has 150 valence electrons. The van der Waals surface area contributed by atoms with Crippen molar-refractivity contribution in [3.05, 3.63) is 96.3 Å². The van der Waals surface area contributed by atoms with Gasteiger partial charge >= 0.3 is 0 Å². The minimum absolute atomic E-state index is 0.146. The van der Waals surface area contributed by atoms with E-state index in [1.54, 1.807) is 6.20 Å². The van der Waals surface area contributed by atoms with E-state index in [0.717, 1.165) is 38.9 Å². The molecule has 4 aromatic rings. The van der Waals surface area contributed by atoms with E-state index >= 15 is 0 Å². The van der Waals surface area contributed by atoms with Crippen LogP contribution in [0.1, 0.15) is 11.1 Å². The molecule has 0 spiro atoms. The number of hydrogen-bond acceptors (Lipinski definition) is 5. The van der Waals surface area contributed by atoms with Crippen molar-refractivity contribution in [3.63, 3.8) is 0 Å². The molecule has 5 heteroatoms. The Kier molecular flexibility index (Phi) is 7.99. The van der Waals surface area contributed by atoms with Crippen molar-refractivity contribution < 1.29 is 5.11 Å². The Morgan fingerprint density at radius 2 is 1.77 bits per heavy atom. The van der Waals surface area contributed by atoms with Gasteiger partial charge in [-0.3, -0.25) is 4.98 Å². The maximum Gasteiger partial charge on any atom is 0.0998 e. The molecule has 0 saturated heterocycles. The predicted octanol–water partition coefficient (Wildman–Crippen LogP) is 4.83. The molecule has 0 atom stereocenters. The number of aliphatic hydroxyl groups excluding tert-OH is 1. The quantitative estimate of drug-likeness (QED) is 0.324. The summed E-state index contributed by atoms with van der Waals surface area (Å²) in [6.07, 6.45) is 3.62. The molecule has 0 unspecified atom stereocenters. The van der Waals surface area contributed by atoms with Crippen molar-refractivity contribution >= 4 is 23.4 Å². The predicted molar refractivity (Wildman–Crippen MR) is 124 cm³/mol. The number of aromatic nitrogens is 1. The highest BCUT2D eigenvalue weighted by Gasteiger charge is 2.03. The van der Waals surface area contributed by atoms with Crippen LogP contribution in [-0.2, 0) is 6.54 Å². The summed E-state index contributed by atoms with van der Waals surface area (Å²) in [6.45, 7) is 1.48. The van der Waals surface area contributed by atoms with Crippen molar-refractivity contribution in [3.8, 4) is 17.2 Å². The van der Waals surface area contributed by atoms with Crippen molar-refractivity contribution in [2.24, 2.45) is 0 Å². The van der Waals surface area contributed by atoms with Crippen molar-refractivity contribution in [2.45, 2.75) is 11.4 Å². The fourth-order valence-corrected chi connectivity index (χ4v) is 3.34. The van der Waals surface area contributed by atoms with Crippen LogP contribution in [0.25, 0.3) is 21.9 Å². The summed E-state index contributed by atoms with van der Waals surface area (Å²) in [5.74, 6) is 0. The molecule has 1 heterocycles. The lowest BCUT2D eigenvalue weighted by Crippen LogP contribution is -2.17. The molecule has 0 fully saturated rings. The van der Waals surface area contributed by atoms with Gasteiger partial charge in [0.25, 0.3) is 0 Å². The third-order valence-corrected chi connectivity index (χ3v) is 4.98. The second-order valence-corrected chi connectivity index (χ2v) is 7.11. The van der Waals surface area contributed by atoms with Gasteiger partial charge in [0.1, 0.15) is 0 Å². The SMILES string of the molecule is N#Cc1ccccc1-c1ccc(CNCCO)cc1.Sc1cccc2cnccc12. The third-order valence-electron chi connectivity index (χ3n) is 4.59. The van der Waals surface area contributed by atoms with Crippen LogP contribution in [0.15, 0.2) is 90.1 Å². The molecule has 3 aromatic carbocycles. The summed E-state index contributed by atoms with van der Waals surface area (Å²) in [6, 6.07) is 25.9. The van der Waals surface area contributed by atoms with Crippen molar-refractivity contribution in [2.75, 3.05) is 13.2 Å². The molecule has 4 nitrogen and oxygen atoms in total. The van der Waals surface area contributed by atoms with E-state index in [2.05, 4.69) is 29.0 Å². The first-order chi connectivity index (χ1) is 14.7. The summed E-state index contributed by atoms with van der Waals surface area (Å²) in [7, 11) is 0. The van der Waals surface area contributed by atoms with Crippen LogP contribution in [0, 0.1) is 11.3 Å². The number of benzene rings is 3. The Balaban J connectivity index is 0.000000196. The standard InChI is InChI=1S/C16H16N2O.C9H7NS/c17-11-15-3-1-2-4-16(15)14-7-5-13(6-8-14)12-18-9-10-19;11-9-3-1-2-7-6-10-5-4-8(7)9/h1-8,18-19H,9-10,12H2;1-6,11H. The van der Waals surface area contributed by atoms with Gasteiger partial charge in [0.15, 0.2) is 0 Å². The van der Waals surface area contributed by atoms with E-state index in [-0.39, 0.29) is 6.61 Å². The maximum atomic E-state index is 9.09. The van der Waals surface area contributed by atoms with Gasteiger partial charge in [-0.25, -0.2) is 0 Å². The van der Waals surface area contributed by atoms with Crippen LogP contribution in [0.3, 0.4) is 0 Å². The fraction of sp³-hybridized carbons (Fsp3) is 0.120. The molecule has 0 aliphatic carbocycles. The summed E-state index contributed by atoms with van der Waals surface area (Å²) in [5.41, 5.74) is 3.85. The molecule has 0 bridgehead atoms. The first-order valence-electron chi connectivity index (χ1n) is 9.64. The van der Waals surface area contributed by atoms with Crippen LogP contribution in [0.5, 0.6) is 0 Å². The lowest BCUT2D eigenvalue weighted by molar-refractivity contribution is 0.292. The Labute approximate surface area is 182 Å². The molecule has 0 radical (unpaired) electrons. The van der Waals surface area contributed by atoms with E-state index in [4.69, 9.17) is 10.4 Å². The highest BCUT2D eigenvalue weighted by atomic mass is 32.1. The highest BCUT2D eigenvalue weighted by Crippen LogP contribution is 2.23. The van der Waals surface area contributed by atoms with Crippen molar-refractivity contribution in [1.82, 2.24) is 10.3 Å². The van der Waals surface area contributed by atoms with E-state index < -0.39 is 0 Å². The van der Waals surface area contributed by atoms with Gasteiger partial charge < -0.3 is 10.4 Å². The van der Waals surface area contributed by atoms with E-state index in [1.165, 1.54) is 0 Å². The molecule has 4 rings (SSSR count).